The van der Waals surface area contributed by atoms with E-state index in [-0.39, 0.29) is 6.61 Å². The predicted molar refractivity (Wildman–Crippen MR) is 72.4 cm³/mol. The Morgan fingerprint density at radius 1 is 1.32 bits per heavy atom. The van der Waals surface area contributed by atoms with Crippen molar-refractivity contribution in [3.05, 3.63) is 40.8 Å². The third-order valence-corrected chi connectivity index (χ3v) is 3.23. The standard InChI is InChI=1S/C14H19N3O2/c1-10-13(6-7-18)11(2)17(16-10)9-12-4-5-14(19-3)15-8-12/h4-5,8,18H,6-7,9H2,1-3H3. The first-order valence-electron chi connectivity index (χ1n) is 6.28. The van der Waals surface area contributed by atoms with Gasteiger partial charge in [-0.3, -0.25) is 4.68 Å². The van der Waals surface area contributed by atoms with Crippen molar-refractivity contribution in [1.82, 2.24) is 14.8 Å². The Hall–Kier alpha value is -1.88. The summed E-state index contributed by atoms with van der Waals surface area (Å²) in [6.07, 6.45) is 2.44. The number of pyridine rings is 1. The molecule has 0 amide bonds. The van der Waals surface area contributed by atoms with Gasteiger partial charge in [-0.2, -0.15) is 5.10 Å². The summed E-state index contributed by atoms with van der Waals surface area (Å²) in [6.45, 7) is 4.83. The fraction of sp³-hybridized carbons (Fsp3) is 0.429. The lowest BCUT2D eigenvalue weighted by molar-refractivity contribution is 0.299. The highest BCUT2D eigenvalue weighted by atomic mass is 16.5. The van der Waals surface area contributed by atoms with Gasteiger partial charge in [-0.05, 0) is 31.4 Å². The summed E-state index contributed by atoms with van der Waals surface area (Å²) in [6, 6.07) is 3.82. The van der Waals surface area contributed by atoms with E-state index >= 15 is 0 Å². The largest absolute Gasteiger partial charge is 0.481 e. The lowest BCUT2D eigenvalue weighted by atomic mass is 10.1. The number of aliphatic hydroxyl groups is 1. The summed E-state index contributed by atoms with van der Waals surface area (Å²) in [5.74, 6) is 0.609. The number of methoxy groups -OCH3 is 1. The molecule has 0 saturated heterocycles. The maximum atomic E-state index is 9.06. The quantitative estimate of drug-likeness (QED) is 0.885. The minimum absolute atomic E-state index is 0.150. The fourth-order valence-electron chi connectivity index (χ4n) is 2.16. The predicted octanol–water partition coefficient (Wildman–Crippen LogP) is 1.49. The summed E-state index contributed by atoms with van der Waals surface area (Å²) in [5.41, 5.74) is 4.28. The van der Waals surface area contributed by atoms with Crippen molar-refractivity contribution < 1.29 is 9.84 Å². The van der Waals surface area contributed by atoms with E-state index in [2.05, 4.69) is 10.1 Å². The molecule has 2 aromatic rings. The second-order valence-corrected chi connectivity index (χ2v) is 4.49. The molecule has 0 saturated carbocycles. The average molecular weight is 261 g/mol. The Kier molecular flexibility index (Phi) is 4.16. The minimum Gasteiger partial charge on any atom is -0.481 e. The van der Waals surface area contributed by atoms with E-state index in [0.29, 0.717) is 18.8 Å². The van der Waals surface area contributed by atoms with Gasteiger partial charge in [-0.15, -0.1) is 0 Å². The number of nitrogens with zero attached hydrogens (tertiary/aromatic N) is 3. The first-order chi connectivity index (χ1) is 9.15. The lowest BCUT2D eigenvalue weighted by Crippen LogP contribution is -2.05. The highest BCUT2D eigenvalue weighted by molar-refractivity contribution is 5.26. The van der Waals surface area contributed by atoms with Crippen LogP contribution in [0.5, 0.6) is 5.88 Å². The van der Waals surface area contributed by atoms with Gasteiger partial charge in [0.1, 0.15) is 0 Å². The number of aryl methyl sites for hydroxylation is 1. The molecule has 0 radical (unpaired) electrons. The van der Waals surface area contributed by atoms with Crippen molar-refractivity contribution in [3.63, 3.8) is 0 Å². The zero-order valence-electron chi connectivity index (χ0n) is 11.6. The number of ether oxygens (including phenoxy) is 1. The van der Waals surface area contributed by atoms with Crippen LogP contribution in [0.15, 0.2) is 18.3 Å². The van der Waals surface area contributed by atoms with E-state index in [1.165, 1.54) is 0 Å². The maximum absolute atomic E-state index is 9.06. The van der Waals surface area contributed by atoms with Crippen LogP contribution in [0.1, 0.15) is 22.5 Å². The number of rotatable bonds is 5. The average Bonchev–Trinajstić information content (AvgIpc) is 2.68. The van der Waals surface area contributed by atoms with Crippen LogP contribution < -0.4 is 4.74 Å². The molecule has 0 spiro atoms. The first-order valence-corrected chi connectivity index (χ1v) is 6.28. The van der Waals surface area contributed by atoms with Crippen LogP contribution in [0, 0.1) is 13.8 Å². The molecule has 0 aromatic carbocycles. The SMILES string of the molecule is COc1ccc(Cn2nc(C)c(CCO)c2C)cn1. The van der Waals surface area contributed by atoms with Gasteiger partial charge >= 0.3 is 0 Å². The van der Waals surface area contributed by atoms with Gasteiger partial charge < -0.3 is 9.84 Å². The van der Waals surface area contributed by atoms with Gasteiger partial charge in [-0.1, -0.05) is 6.07 Å². The summed E-state index contributed by atoms with van der Waals surface area (Å²) in [5, 5.41) is 13.6. The van der Waals surface area contributed by atoms with Crippen molar-refractivity contribution in [2.24, 2.45) is 0 Å². The van der Waals surface area contributed by atoms with Crippen molar-refractivity contribution in [3.8, 4) is 5.88 Å². The van der Waals surface area contributed by atoms with Crippen molar-refractivity contribution in [2.75, 3.05) is 13.7 Å². The van der Waals surface area contributed by atoms with Crippen LogP contribution in [-0.4, -0.2) is 33.6 Å². The highest BCUT2D eigenvalue weighted by Gasteiger charge is 2.11. The Morgan fingerprint density at radius 3 is 2.68 bits per heavy atom. The van der Waals surface area contributed by atoms with E-state index < -0.39 is 0 Å². The van der Waals surface area contributed by atoms with Gasteiger partial charge in [0, 0.05) is 24.6 Å². The maximum Gasteiger partial charge on any atom is 0.212 e. The van der Waals surface area contributed by atoms with Crippen LogP contribution in [0.25, 0.3) is 0 Å². The molecule has 0 unspecified atom stereocenters. The highest BCUT2D eigenvalue weighted by Crippen LogP contribution is 2.15. The molecule has 0 bridgehead atoms. The molecule has 0 fully saturated rings. The van der Waals surface area contributed by atoms with Gasteiger partial charge in [-0.25, -0.2) is 4.98 Å². The number of aromatic nitrogens is 3. The Balaban J connectivity index is 2.20. The molecule has 2 heterocycles. The summed E-state index contributed by atoms with van der Waals surface area (Å²) in [4.78, 5) is 4.19. The first kappa shape index (κ1) is 13.5. The Labute approximate surface area is 112 Å². The molecule has 0 aliphatic rings. The van der Waals surface area contributed by atoms with Crippen molar-refractivity contribution in [1.29, 1.82) is 0 Å². The van der Waals surface area contributed by atoms with E-state index in [4.69, 9.17) is 9.84 Å². The molecular formula is C14H19N3O2. The van der Waals surface area contributed by atoms with E-state index in [1.807, 2.05) is 30.7 Å². The summed E-state index contributed by atoms with van der Waals surface area (Å²) in [7, 11) is 1.60. The van der Waals surface area contributed by atoms with Crippen LogP contribution in [-0.2, 0) is 13.0 Å². The fourth-order valence-corrected chi connectivity index (χ4v) is 2.16. The molecule has 1 N–H and O–H groups in total. The monoisotopic (exact) mass is 261 g/mol. The Bertz CT molecular complexity index is 547. The number of aliphatic hydroxyl groups excluding tert-OH is 1. The molecule has 2 rings (SSSR count). The molecule has 0 atom stereocenters. The van der Waals surface area contributed by atoms with Crippen molar-refractivity contribution in [2.45, 2.75) is 26.8 Å². The van der Waals surface area contributed by atoms with Crippen LogP contribution in [0.2, 0.25) is 0 Å². The third kappa shape index (κ3) is 2.93. The molecule has 0 aliphatic carbocycles. The number of hydrogen-bond acceptors (Lipinski definition) is 4. The van der Waals surface area contributed by atoms with Crippen LogP contribution in [0.3, 0.4) is 0 Å². The second kappa shape index (κ2) is 5.84. The lowest BCUT2D eigenvalue weighted by Gasteiger charge is -2.06. The molecule has 19 heavy (non-hydrogen) atoms. The normalized spacial score (nSPS) is 10.7. The second-order valence-electron chi connectivity index (χ2n) is 4.49. The molecule has 102 valence electrons. The van der Waals surface area contributed by atoms with Gasteiger partial charge in [0.25, 0.3) is 0 Å². The van der Waals surface area contributed by atoms with Gasteiger partial charge in [0.2, 0.25) is 5.88 Å². The smallest absolute Gasteiger partial charge is 0.212 e. The molecule has 5 heteroatoms. The van der Waals surface area contributed by atoms with Crippen molar-refractivity contribution >= 4 is 0 Å². The molecule has 2 aromatic heterocycles. The van der Waals surface area contributed by atoms with Gasteiger partial charge in [0.15, 0.2) is 0 Å². The zero-order chi connectivity index (χ0) is 13.8. The Morgan fingerprint density at radius 2 is 2.11 bits per heavy atom. The summed E-state index contributed by atoms with van der Waals surface area (Å²) >= 11 is 0. The van der Waals surface area contributed by atoms with Crippen LogP contribution >= 0.6 is 0 Å². The van der Waals surface area contributed by atoms with E-state index in [9.17, 15) is 0 Å². The van der Waals surface area contributed by atoms with E-state index in [1.54, 1.807) is 13.3 Å². The summed E-state index contributed by atoms with van der Waals surface area (Å²) < 4.78 is 6.99. The minimum atomic E-state index is 0.150. The molecule has 0 aliphatic heterocycles. The topological polar surface area (TPSA) is 60.2 Å². The van der Waals surface area contributed by atoms with Crippen LogP contribution in [0.4, 0.5) is 0 Å². The molecular weight excluding hydrogens is 242 g/mol. The molecule has 5 nitrogen and oxygen atoms in total. The van der Waals surface area contributed by atoms with E-state index in [0.717, 1.165) is 22.5 Å². The number of hydrogen-bond donors (Lipinski definition) is 1. The third-order valence-electron chi connectivity index (χ3n) is 3.23. The zero-order valence-corrected chi connectivity index (χ0v) is 11.6. The van der Waals surface area contributed by atoms with Gasteiger partial charge in [0.05, 0.1) is 19.3 Å².